The highest BCUT2D eigenvalue weighted by Gasteiger charge is 2.30. The normalized spacial score (nSPS) is 20.4. The number of hydrogen-bond donors (Lipinski definition) is 0. The fourth-order valence-electron chi connectivity index (χ4n) is 3.95. The van der Waals surface area contributed by atoms with Gasteiger partial charge in [-0.1, -0.05) is 41.4 Å². The maximum Gasteiger partial charge on any atom is -0.0266 e. The van der Waals surface area contributed by atoms with Gasteiger partial charge in [0.05, 0.1) is 0 Å². The van der Waals surface area contributed by atoms with Crippen molar-refractivity contribution in [2.45, 2.75) is 54.4 Å². The maximum absolute atomic E-state index is 2.42. The van der Waals surface area contributed by atoms with Gasteiger partial charge in [-0.2, -0.15) is 0 Å². The molecule has 0 heterocycles. The average molecular weight is 384 g/mol. The van der Waals surface area contributed by atoms with Crippen LogP contribution in [0.5, 0.6) is 0 Å². The van der Waals surface area contributed by atoms with E-state index in [4.69, 9.17) is 0 Å². The summed E-state index contributed by atoms with van der Waals surface area (Å²) in [6.45, 7) is 13.5. The van der Waals surface area contributed by atoms with Crippen LogP contribution in [-0.4, -0.2) is 12.3 Å². The van der Waals surface area contributed by atoms with Crippen molar-refractivity contribution < 1.29 is 0 Å². The van der Waals surface area contributed by atoms with E-state index in [1.807, 2.05) is 0 Å². The van der Waals surface area contributed by atoms with E-state index in [1.165, 1.54) is 58.5 Å². The van der Waals surface area contributed by atoms with Gasteiger partial charge in [-0.05, 0) is 123 Å². The summed E-state index contributed by atoms with van der Waals surface area (Å²) in [5, 5.41) is 3.15. The van der Waals surface area contributed by atoms with Crippen LogP contribution in [0.4, 0.5) is 0 Å². The van der Waals surface area contributed by atoms with Crippen LogP contribution in [0.25, 0.3) is 0 Å². The van der Waals surface area contributed by atoms with Crippen LogP contribution in [0.1, 0.15) is 46.2 Å². The molecule has 2 unspecified atom stereocenters. The lowest BCUT2D eigenvalue weighted by molar-refractivity contribution is 0.228. The van der Waals surface area contributed by atoms with Crippen molar-refractivity contribution in [2.75, 3.05) is 12.3 Å². The summed E-state index contributed by atoms with van der Waals surface area (Å²) in [7, 11) is 1.97. The summed E-state index contributed by atoms with van der Waals surface area (Å²) in [4.78, 5) is 0. The lowest BCUT2D eigenvalue weighted by Gasteiger charge is -2.37. The van der Waals surface area contributed by atoms with Crippen LogP contribution in [-0.2, 0) is 0 Å². The largest absolute Gasteiger partial charge is 0.0901 e. The van der Waals surface area contributed by atoms with Gasteiger partial charge >= 0.3 is 0 Å². The standard InChI is InChI=1S/C24H34P2/c1-15-9-23(10-16(2)19(15)5)25-13-21-7-8-22(21)14-26-24-11-17(3)20(6)18(4)12-24/h9-12,21-22,25-26H,7-8,13-14H2,1-6H3/t21-,22-/m0/s1. The van der Waals surface area contributed by atoms with E-state index in [9.17, 15) is 0 Å². The van der Waals surface area contributed by atoms with Gasteiger partial charge in [0.2, 0.25) is 0 Å². The molecule has 1 saturated carbocycles. The molecule has 0 aromatic heterocycles. The van der Waals surface area contributed by atoms with Crippen molar-refractivity contribution >= 4 is 27.8 Å². The van der Waals surface area contributed by atoms with E-state index in [0.717, 1.165) is 29.0 Å². The lowest BCUT2D eigenvalue weighted by atomic mass is 9.76. The molecule has 0 bridgehead atoms. The van der Waals surface area contributed by atoms with Gasteiger partial charge in [0.15, 0.2) is 0 Å². The Morgan fingerprint density at radius 1 is 0.615 bits per heavy atom. The minimum atomic E-state index is 0.968. The number of aryl methyl sites for hydroxylation is 4. The number of rotatable bonds is 6. The predicted octanol–water partition coefficient (Wildman–Crippen LogP) is 5.87. The first-order valence-electron chi connectivity index (χ1n) is 9.98. The van der Waals surface area contributed by atoms with Gasteiger partial charge in [0, 0.05) is 0 Å². The summed E-state index contributed by atoms with van der Waals surface area (Å²) < 4.78 is 0. The highest BCUT2D eigenvalue weighted by molar-refractivity contribution is 7.47. The second kappa shape index (κ2) is 8.54. The van der Waals surface area contributed by atoms with Gasteiger partial charge in [0.25, 0.3) is 0 Å². The van der Waals surface area contributed by atoms with Crippen molar-refractivity contribution in [3.05, 3.63) is 57.6 Å². The zero-order valence-corrected chi connectivity index (χ0v) is 19.3. The van der Waals surface area contributed by atoms with Crippen molar-refractivity contribution in [3.63, 3.8) is 0 Å². The molecule has 4 atom stereocenters. The summed E-state index contributed by atoms with van der Waals surface area (Å²) in [5.74, 6) is 1.94. The van der Waals surface area contributed by atoms with E-state index < -0.39 is 0 Å². The molecule has 1 aliphatic carbocycles. The topological polar surface area (TPSA) is 0 Å². The first kappa shape index (κ1) is 20.0. The second-order valence-electron chi connectivity index (χ2n) is 8.33. The molecular formula is C24H34P2. The van der Waals surface area contributed by atoms with Gasteiger partial charge in [-0.3, -0.25) is 0 Å². The third kappa shape index (κ3) is 4.58. The van der Waals surface area contributed by atoms with Gasteiger partial charge in [-0.25, -0.2) is 0 Å². The molecular weight excluding hydrogens is 350 g/mol. The maximum atomic E-state index is 2.42. The average Bonchev–Trinajstić information content (AvgIpc) is 2.56. The number of hydrogen-bond acceptors (Lipinski definition) is 0. The van der Waals surface area contributed by atoms with Gasteiger partial charge < -0.3 is 0 Å². The molecule has 1 aliphatic rings. The summed E-state index contributed by atoms with van der Waals surface area (Å²) in [5.41, 5.74) is 8.77. The highest BCUT2D eigenvalue weighted by Crippen LogP contribution is 2.41. The fraction of sp³-hybridized carbons (Fsp3) is 0.500. The summed E-state index contributed by atoms with van der Waals surface area (Å²) in [6.07, 6.45) is 5.72. The first-order valence-corrected chi connectivity index (χ1v) is 12.4. The molecule has 1 fully saturated rings. The molecule has 0 saturated heterocycles. The zero-order chi connectivity index (χ0) is 18.8. The second-order valence-corrected chi connectivity index (χ2v) is 11.0. The zero-order valence-electron chi connectivity index (χ0n) is 17.3. The van der Waals surface area contributed by atoms with E-state index in [1.54, 1.807) is 10.6 Å². The molecule has 0 amide bonds. The summed E-state index contributed by atoms with van der Waals surface area (Å²) in [6, 6.07) is 9.70. The van der Waals surface area contributed by atoms with Crippen molar-refractivity contribution in [1.82, 2.24) is 0 Å². The number of benzene rings is 2. The Kier molecular flexibility index (Phi) is 6.59. The van der Waals surface area contributed by atoms with Crippen LogP contribution in [0, 0.1) is 53.4 Å². The van der Waals surface area contributed by atoms with E-state index >= 15 is 0 Å². The van der Waals surface area contributed by atoms with Gasteiger partial charge in [0.1, 0.15) is 0 Å². The summed E-state index contributed by atoms with van der Waals surface area (Å²) >= 11 is 0. The van der Waals surface area contributed by atoms with E-state index in [2.05, 4.69) is 65.8 Å². The molecule has 26 heavy (non-hydrogen) atoms. The third-order valence-electron chi connectivity index (χ3n) is 6.57. The smallest absolute Gasteiger partial charge is 0.0266 e. The monoisotopic (exact) mass is 384 g/mol. The van der Waals surface area contributed by atoms with Crippen molar-refractivity contribution in [2.24, 2.45) is 11.8 Å². The van der Waals surface area contributed by atoms with E-state index in [0.29, 0.717) is 0 Å². The Balaban J connectivity index is 1.52. The molecule has 0 aliphatic heterocycles. The molecule has 2 aromatic rings. The molecule has 0 nitrogen and oxygen atoms in total. The van der Waals surface area contributed by atoms with Crippen LogP contribution in [0.15, 0.2) is 24.3 Å². The Hall–Kier alpha value is -0.700. The quantitative estimate of drug-likeness (QED) is 0.546. The molecule has 2 heteroatoms. The Morgan fingerprint density at radius 2 is 0.923 bits per heavy atom. The fourth-order valence-corrected chi connectivity index (χ4v) is 7.29. The molecule has 0 radical (unpaired) electrons. The minimum Gasteiger partial charge on any atom is -0.0901 e. The van der Waals surface area contributed by atoms with Gasteiger partial charge in [-0.15, -0.1) is 0 Å². The van der Waals surface area contributed by atoms with Crippen LogP contribution >= 0.6 is 17.2 Å². The molecule has 3 rings (SSSR count). The molecule has 0 spiro atoms. The third-order valence-corrected chi connectivity index (χ3v) is 9.42. The molecule has 140 valence electrons. The minimum absolute atomic E-state index is 0.968. The molecule has 2 aromatic carbocycles. The van der Waals surface area contributed by atoms with Crippen LogP contribution in [0.2, 0.25) is 0 Å². The first-order chi connectivity index (χ1) is 12.3. The Labute approximate surface area is 164 Å². The van der Waals surface area contributed by atoms with E-state index in [-0.39, 0.29) is 0 Å². The SMILES string of the molecule is Cc1cc(PC[C@@H]2CC[C@H]2CPc2cc(C)c(C)c(C)c2)cc(C)c1C. The molecule has 0 N–H and O–H groups in total. The Bertz CT molecular complexity index is 677. The highest BCUT2D eigenvalue weighted by atomic mass is 31.1. The Morgan fingerprint density at radius 3 is 1.19 bits per heavy atom. The van der Waals surface area contributed by atoms with Crippen molar-refractivity contribution in [1.29, 1.82) is 0 Å². The van der Waals surface area contributed by atoms with Crippen LogP contribution < -0.4 is 10.6 Å². The lowest BCUT2D eigenvalue weighted by Crippen LogP contribution is -2.30. The van der Waals surface area contributed by atoms with Crippen LogP contribution in [0.3, 0.4) is 0 Å². The predicted molar refractivity (Wildman–Crippen MR) is 123 cm³/mol. The van der Waals surface area contributed by atoms with Crippen molar-refractivity contribution in [3.8, 4) is 0 Å².